The van der Waals surface area contributed by atoms with E-state index in [4.69, 9.17) is 0 Å². The van der Waals surface area contributed by atoms with Crippen molar-refractivity contribution in [1.29, 1.82) is 0 Å². The van der Waals surface area contributed by atoms with E-state index in [-0.39, 0.29) is 11.8 Å². The molecule has 0 spiro atoms. The van der Waals surface area contributed by atoms with E-state index in [9.17, 15) is 9.90 Å². The number of piperidine rings is 3. The van der Waals surface area contributed by atoms with Gasteiger partial charge >= 0.3 is 0 Å². The summed E-state index contributed by atoms with van der Waals surface area (Å²) in [6.07, 6.45) is 5.73. The van der Waals surface area contributed by atoms with Gasteiger partial charge < -0.3 is 5.11 Å². The molecule has 2 bridgehead atoms. The van der Waals surface area contributed by atoms with E-state index in [2.05, 4.69) is 4.90 Å². The summed E-state index contributed by atoms with van der Waals surface area (Å²) in [5.74, 6) is 0.108. The van der Waals surface area contributed by atoms with Crippen LogP contribution in [-0.4, -0.2) is 40.0 Å². The second kappa shape index (κ2) is 2.80. The fourth-order valence-electron chi connectivity index (χ4n) is 3.56. The Hall–Kier alpha value is -0.410. The first-order valence-corrected chi connectivity index (χ1v) is 5.73. The van der Waals surface area contributed by atoms with Crippen LogP contribution in [0.25, 0.3) is 0 Å². The largest absolute Gasteiger partial charge is 0.380 e. The number of carbonyl (C=O) groups excluding carboxylic acids is 1. The molecule has 1 saturated carbocycles. The zero-order valence-corrected chi connectivity index (χ0v) is 8.41. The number of aliphatic hydroxyl groups is 1. The number of ketones is 1. The molecule has 3 aliphatic heterocycles. The molecular weight excluding hydrogens is 178 g/mol. The highest BCUT2D eigenvalue weighted by Gasteiger charge is 2.56. The lowest BCUT2D eigenvalue weighted by molar-refractivity contribution is -0.176. The van der Waals surface area contributed by atoms with Crippen LogP contribution in [-0.2, 0) is 4.79 Å². The molecule has 3 nitrogen and oxygen atoms in total. The van der Waals surface area contributed by atoms with Crippen LogP contribution in [0.3, 0.4) is 0 Å². The van der Waals surface area contributed by atoms with Gasteiger partial charge in [0.25, 0.3) is 0 Å². The van der Waals surface area contributed by atoms with Crippen LogP contribution in [0.1, 0.15) is 38.5 Å². The fourth-order valence-corrected chi connectivity index (χ4v) is 3.56. The van der Waals surface area contributed by atoms with Crippen molar-refractivity contribution in [3.8, 4) is 0 Å². The molecule has 0 aromatic rings. The van der Waals surface area contributed by atoms with Gasteiger partial charge in [0, 0.05) is 18.5 Å². The van der Waals surface area contributed by atoms with Crippen molar-refractivity contribution in [3.63, 3.8) is 0 Å². The van der Waals surface area contributed by atoms with Crippen molar-refractivity contribution in [2.75, 3.05) is 6.54 Å². The third-order valence-electron chi connectivity index (χ3n) is 4.33. The molecule has 4 aliphatic rings. The van der Waals surface area contributed by atoms with Gasteiger partial charge in [0.2, 0.25) is 0 Å². The topological polar surface area (TPSA) is 40.5 Å². The molecule has 3 heterocycles. The third kappa shape index (κ3) is 0.971. The minimum absolute atomic E-state index is 0.108. The van der Waals surface area contributed by atoms with Crippen molar-refractivity contribution in [2.45, 2.75) is 56.2 Å². The molecule has 0 aromatic heterocycles. The maximum atomic E-state index is 11.8. The molecule has 1 N–H and O–H groups in total. The molecule has 14 heavy (non-hydrogen) atoms. The Morgan fingerprint density at radius 3 is 3.00 bits per heavy atom. The van der Waals surface area contributed by atoms with Crippen LogP contribution in [0.2, 0.25) is 0 Å². The van der Waals surface area contributed by atoms with Crippen LogP contribution in [0, 0.1) is 0 Å². The Kier molecular flexibility index (Phi) is 1.77. The molecule has 0 aromatic carbocycles. The predicted octanol–water partition coefficient (Wildman–Crippen LogP) is 0.707. The summed E-state index contributed by atoms with van der Waals surface area (Å²) in [4.78, 5) is 14.2. The van der Waals surface area contributed by atoms with E-state index >= 15 is 0 Å². The summed E-state index contributed by atoms with van der Waals surface area (Å²) in [6.45, 7) is 1.09. The van der Waals surface area contributed by atoms with Crippen molar-refractivity contribution < 1.29 is 9.90 Å². The Labute approximate surface area is 84.1 Å². The molecule has 0 amide bonds. The quantitative estimate of drug-likeness (QED) is 0.619. The standard InChI is InChI=1S/C11H17NO2/c13-10-7-8-4-5-11(10,14)9-3-1-2-6-12(8)9/h8-9,14H,1-7H2. The van der Waals surface area contributed by atoms with E-state index in [1.165, 1.54) is 12.8 Å². The van der Waals surface area contributed by atoms with Crippen LogP contribution in [0.15, 0.2) is 0 Å². The van der Waals surface area contributed by atoms with Crippen LogP contribution >= 0.6 is 0 Å². The van der Waals surface area contributed by atoms with E-state index in [1.807, 2.05) is 0 Å². The van der Waals surface area contributed by atoms with Crippen LogP contribution in [0.4, 0.5) is 0 Å². The summed E-state index contributed by atoms with van der Waals surface area (Å²) in [6, 6.07) is 0.595. The highest BCUT2D eigenvalue weighted by atomic mass is 16.3. The predicted molar refractivity (Wildman–Crippen MR) is 51.9 cm³/mol. The highest BCUT2D eigenvalue weighted by molar-refractivity contribution is 5.90. The van der Waals surface area contributed by atoms with Gasteiger partial charge in [0.15, 0.2) is 5.78 Å². The maximum Gasteiger partial charge on any atom is 0.167 e. The first kappa shape index (κ1) is 8.86. The maximum absolute atomic E-state index is 11.8. The lowest BCUT2D eigenvalue weighted by atomic mass is 9.67. The lowest BCUT2D eigenvalue weighted by Crippen LogP contribution is -2.70. The first-order valence-electron chi connectivity index (χ1n) is 5.73. The van der Waals surface area contributed by atoms with Gasteiger partial charge in [0.1, 0.15) is 5.60 Å². The second-order valence-corrected chi connectivity index (χ2v) is 4.99. The van der Waals surface area contributed by atoms with Gasteiger partial charge in [-0.15, -0.1) is 0 Å². The summed E-state index contributed by atoms with van der Waals surface area (Å²) >= 11 is 0. The number of hydrogen-bond donors (Lipinski definition) is 1. The summed E-state index contributed by atoms with van der Waals surface area (Å²) in [5, 5.41) is 10.4. The van der Waals surface area contributed by atoms with E-state index in [0.717, 1.165) is 19.4 Å². The minimum Gasteiger partial charge on any atom is -0.380 e. The Morgan fingerprint density at radius 1 is 1.36 bits per heavy atom. The number of fused-ring (bicyclic) bond motifs is 2. The van der Waals surface area contributed by atoms with Crippen LogP contribution < -0.4 is 0 Å². The van der Waals surface area contributed by atoms with Crippen molar-refractivity contribution in [2.24, 2.45) is 0 Å². The summed E-state index contributed by atoms with van der Waals surface area (Å²) in [5.41, 5.74) is -0.977. The van der Waals surface area contributed by atoms with E-state index in [1.54, 1.807) is 0 Å². The average Bonchev–Trinajstić information content (AvgIpc) is 2.22. The van der Waals surface area contributed by atoms with Gasteiger partial charge in [0.05, 0.1) is 0 Å². The third-order valence-corrected chi connectivity index (χ3v) is 4.33. The highest BCUT2D eigenvalue weighted by Crippen LogP contribution is 2.43. The molecule has 4 rings (SSSR count). The first-order chi connectivity index (χ1) is 6.72. The number of carbonyl (C=O) groups is 1. The number of Topliss-reactive ketones (excluding diaryl/α,β-unsaturated/α-hetero) is 1. The zero-order chi connectivity index (χ0) is 9.76. The van der Waals surface area contributed by atoms with Crippen molar-refractivity contribution in [3.05, 3.63) is 0 Å². The fraction of sp³-hybridized carbons (Fsp3) is 0.909. The second-order valence-electron chi connectivity index (χ2n) is 4.99. The van der Waals surface area contributed by atoms with Crippen LogP contribution in [0.5, 0.6) is 0 Å². The van der Waals surface area contributed by atoms with Gasteiger partial charge in [-0.2, -0.15) is 0 Å². The molecule has 3 saturated heterocycles. The molecule has 4 fully saturated rings. The molecule has 1 aliphatic carbocycles. The molecular formula is C11H17NO2. The average molecular weight is 195 g/mol. The van der Waals surface area contributed by atoms with Crippen molar-refractivity contribution in [1.82, 2.24) is 4.90 Å². The molecule has 0 radical (unpaired) electrons. The Balaban J connectivity index is 1.97. The summed E-state index contributed by atoms with van der Waals surface area (Å²) in [7, 11) is 0. The van der Waals surface area contributed by atoms with E-state index < -0.39 is 5.60 Å². The van der Waals surface area contributed by atoms with Gasteiger partial charge in [-0.1, -0.05) is 6.42 Å². The number of nitrogens with zero attached hydrogens (tertiary/aromatic N) is 1. The number of rotatable bonds is 0. The van der Waals surface area contributed by atoms with Crippen molar-refractivity contribution >= 4 is 5.78 Å². The van der Waals surface area contributed by atoms with E-state index in [0.29, 0.717) is 18.9 Å². The number of hydrogen-bond acceptors (Lipinski definition) is 3. The molecule has 78 valence electrons. The van der Waals surface area contributed by atoms with Gasteiger partial charge in [-0.3, -0.25) is 9.69 Å². The Morgan fingerprint density at radius 2 is 2.21 bits per heavy atom. The smallest absolute Gasteiger partial charge is 0.167 e. The minimum atomic E-state index is -0.977. The lowest BCUT2D eigenvalue weighted by Gasteiger charge is -2.56. The molecule has 3 unspecified atom stereocenters. The SMILES string of the molecule is O=C1CC2CCC1(O)C1CCCCN21. The normalized spacial score (nSPS) is 47.9. The Bertz CT molecular complexity index is 278. The summed E-state index contributed by atoms with van der Waals surface area (Å²) < 4.78 is 0. The molecule has 3 atom stereocenters. The zero-order valence-electron chi connectivity index (χ0n) is 8.41. The molecule has 3 heteroatoms. The van der Waals surface area contributed by atoms with Gasteiger partial charge in [-0.25, -0.2) is 0 Å². The van der Waals surface area contributed by atoms with Gasteiger partial charge in [-0.05, 0) is 32.2 Å². The monoisotopic (exact) mass is 195 g/mol.